The van der Waals surface area contributed by atoms with Crippen LogP contribution in [0, 0.1) is 34.0 Å². The lowest BCUT2D eigenvalue weighted by Gasteiger charge is -2.24. The van der Waals surface area contributed by atoms with Gasteiger partial charge in [0.05, 0.1) is 0 Å². The molecule has 112 valence electrons. The van der Waals surface area contributed by atoms with Gasteiger partial charge >= 0.3 is 8.80 Å². The third-order valence-electron chi connectivity index (χ3n) is 2.90. The molecule has 0 saturated heterocycles. The van der Waals surface area contributed by atoms with Crippen LogP contribution in [0.2, 0.25) is 0 Å². The second-order valence-corrected chi connectivity index (χ2v) is 6.87. The van der Waals surface area contributed by atoms with E-state index in [1.807, 2.05) is 0 Å². The minimum atomic E-state index is -2.91. The molecule has 0 aromatic heterocycles. The zero-order valence-electron chi connectivity index (χ0n) is 12.4. The van der Waals surface area contributed by atoms with Crippen LogP contribution in [0.4, 0.5) is 5.69 Å². The molecule has 0 saturated carbocycles. The molecule has 0 bridgehead atoms. The molecule has 1 rings (SSSR count). The first-order valence-corrected chi connectivity index (χ1v) is 7.80. The van der Waals surface area contributed by atoms with Crippen molar-refractivity contribution in [1.29, 1.82) is 15.8 Å². The number of nitrogens with zero attached hydrogens (tertiary/aromatic N) is 3. The highest BCUT2D eigenvalue weighted by Gasteiger charge is 2.40. The van der Waals surface area contributed by atoms with E-state index in [4.69, 9.17) is 29.1 Å². The van der Waals surface area contributed by atoms with Gasteiger partial charge in [0.15, 0.2) is 5.57 Å². The number of nitriles is 3. The van der Waals surface area contributed by atoms with Gasteiger partial charge < -0.3 is 18.6 Å². The van der Waals surface area contributed by atoms with Crippen molar-refractivity contribution >= 4 is 19.7 Å². The Kier molecular flexibility index (Phi) is 6.27. The number of rotatable bonds is 6. The van der Waals surface area contributed by atoms with Gasteiger partial charge in [-0.1, -0.05) is 12.1 Å². The Balaban J connectivity index is 3.10. The normalized spacial score (nSPS) is 10.0. The van der Waals surface area contributed by atoms with Crippen molar-refractivity contribution in [3.05, 3.63) is 35.5 Å². The maximum atomic E-state index is 8.99. The molecular weight excluding hydrogens is 300 g/mol. The van der Waals surface area contributed by atoms with Crippen molar-refractivity contribution in [2.24, 2.45) is 0 Å². The highest BCUT2D eigenvalue weighted by atomic mass is 28.4. The van der Waals surface area contributed by atoms with E-state index in [2.05, 4.69) is 5.32 Å². The number of benzene rings is 1. The van der Waals surface area contributed by atoms with Gasteiger partial charge in [-0.3, -0.25) is 0 Å². The monoisotopic (exact) mass is 314 g/mol. The third-order valence-corrected chi connectivity index (χ3v) is 5.55. The molecule has 22 heavy (non-hydrogen) atoms. The summed E-state index contributed by atoms with van der Waals surface area (Å²) in [5, 5.41) is 30.0. The second kappa shape index (κ2) is 7.94. The Morgan fingerprint density at radius 1 is 0.909 bits per heavy atom. The molecule has 1 aromatic rings. The molecule has 0 heterocycles. The fourth-order valence-electron chi connectivity index (χ4n) is 1.79. The van der Waals surface area contributed by atoms with Crippen LogP contribution in [0.5, 0.6) is 0 Å². The number of hydrogen-bond donors (Lipinski definition) is 1. The van der Waals surface area contributed by atoms with Gasteiger partial charge in [-0.05, 0) is 12.1 Å². The largest absolute Gasteiger partial charge is 0.536 e. The Hall–Kier alpha value is -2.67. The highest BCUT2D eigenvalue weighted by Crippen LogP contribution is 2.13. The van der Waals surface area contributed by atoms with Crippen molar-refractivity contribution in [3.8, 4) is 18.2 Å². The average Bonchev–Trinajstić information content (AvgIpc) is 2.58. The van der Waals surface area contributed by atoms with Crippen molar-refractivity contribution < 1.29 is 13.3 Å². The Bertz CT molecular complexity index is 652. The summed E-state index contributed by atoms with van der Waals surface area (Å²) >= 11 is 0. The molecular formula is C14H14N4O3Si. The molecule has 0 aliphatic heterocycles. The SMILES string of the molecule is CO[Si](OC)(OC)c1ccc(NC(C#N)=C(C#N)C#N)cc1. The molecule has 0 radical (unpaired) electrons. The van der Waals surface area contributed by atoms with Crippen LogP contribution < -0.4 is 10.5 Å². The summed E-state index contributed by atoms with van der Waals surface area (Å²) in [5.41, 5.74) is 0.168. The van der Waals surface area contributed by atoms with E-state index in [1.165, 1.54) is 21.3 Å². The van der Waals surface area contributed by atoms with Crippen LogP contribution in [-0.4, -0.2) is 30.1 Å². The molecule has 7 nitrogen and oxygen atoms in total. The van der Waals surface area contributed by atoms with Crippen LogP contribution in [0.1, 0.15) is 0 Å². The van der Waals surface area contributed by atoms with Crippen LogP contribution in [0.3, 0.4) is 0 Å². The first-order chi connectivity index (χ1) is 10.6. The summed E-state index contributed by atoms with van der Waals surface area (Å²) < 4.78 is 16.1. The fraction of sp³-hybridized carbons (Fsp3) is 0.214. The molecule has 0 aliphatic carbocycles. The van der Waals surface area contributed by atoms with Gasteiger partial charge in [-0.2, -0.15) is 15.8 Å². The minimum Gasteiger partial charge on any atom is -0.373 e. The number of anilines is 1. The summed E-state index contributed by atoms with van der Waals surface area (Å²) in [4.78, 5) is 0. The van der Waals surface area contributed by atoms with Gasteiger partial charge in [0.1, 0.15) is 23.9 Å². The van der Waals surface area contributed by atoms with Crippen LogP contribution in [0.25, 0.3) is 0 Å². The summed E-state index contributed by atoms with van der Waals surface area (Å²) in [6.45, 7) is 0. The first-order valence-electron chi connectivity index (χ1n) is 6.08. The van der Waals surface area contributed by atoms with E-state index < -0.39 is 8.80 Å². The lowest BCUT2D eigenvalue weighted by Crippen LogP contribution is -2.54. The van der Waals surface area contributed by atoms with E-state index in [0.29, 0.717) is 5.69 Å². The summed E-state index contributed by atoms with van der Waals surface area (Å²) in [6.07, 6.45) is 0. The smallest absolute Gasteiger partial charge is 0.373 e. The minimum absolute atomic E-state index is 0.105. The van der Waals surface area contributed by atoms with Crippen LogP contribution in [0.15, 0.2) is 35.5 Å². The molecule has 0 atom stereocenters. The maximum Gasteiger partial charge on any atom is 0.536 e. The molecule has 0 aliphatic rings. The Morgan fingerprint density at radius 2 is 1.41 bits per heavy atom. The average molecular weight is 314 g/mol. The molecule has 0 amide bonds. The van der Waals surface area contributed by atoms with Gasteiger partial charge in [0.25, 0.3) is 0 Å². The van der Waals surface area contributed by atoms with E-state index >= 15 is 0 Å². The predicted molar refractivity (Wildman–Crippen MR) is 80.3 cm³/mol. The lowest BCUT2D eigenvalue weighted by atomic mass is 10.2. The van der Waals surface area contributed by atoms with Crippen LogP contribution >= 0.6 is 0 Å². The summed E-state index contributed by atoms with van der Waals surface area (Å²) in [7, 11) is 1.61. The van der Waals surface area contributed by atoms with Crippen molar-refractivity contribution in [1.82, 2.24) is 0 Å². The standard InChI is InChI=1S/C14H14N4O3Si/c1-19-22(20-2,21-3)13-6-4-12(5-7-13)18-14(10-17)11(8-15)9-16/h4-7,18H,1-3H3. The molecule has 0 spiro atoms. The number of allylic oxidation sites excluding steroid dienone is 2. The topological polar surface area (TPSA) is 111 Å². The molecule has 0 fully saturated rings. The van der Waals surface area contributed by atoms with Crippen molar-refractivity contribution in [2.75, 3.05) is 26.6 Å². The van der Waals surface area contributed by atoms with E-state index in [1.54, 1.807) is 42.5 Å². The van der Waals surface area contributed by atoms with Gasteiger partial charge in [0.2, 0.25) is 0 Å². The maximum absolute atomic E-state index is 8.99. The Morgan fingerprint density at radius 3 is 1.77 bits per heavy atom. The predicted octanol–water partition coefficient (Wildman–Crippen LogP) is 1.01. The van der Waals surface area contributed by atoms with E-state index in [-0.39, 0.29) is 11.3 Å². The summed E-state index contributed by atoms with van der Waals surface area (Å²) in [5.74, 6) is 0. The number of nitrogens with one attached hydrogen (secondary N) is 1. The highest BCUT2D eigenvalue weighted by molar-refractivity contribution is 6.75. The lowest BCUT2D eigenvalue weighted by molar-refractivity contribution is 0.140. The fourth-order valence-corrected chi connectivity index (χ4v) is 3.57. The van der Waals surface area contributed by atoms with Gasteiger partial charge in [-0.25, -0.2) is 0 Å². The van der Waals surface area contributed by atoms with E-state index in [0.717, 1.165) is 5.19 Å². The van der Waals surface area contributed by atoms with Gasteiger partial charge in [0, 0.05) is 32.2 Å². The molecule has 0 unspecified atom stereocenters. The first kappa shape index (κ1) is 17.4. The number of hydrogen-bond acceptors (Lipinski definition) is 7. The molecule has 1 aromatic carbocycles. The Labute approximate surface area is 129 Å². The zero-order valence-corrected chi connectivity index (χ0v) is 13.4. The van der Waals surface area contributed by atoms with E-state index in [9.17, 15) is 0 Å². The molecule has 8 heteroatoms. The van der Waals surface area contributed by atoms with Gasteiger partial charge in [-0.15, -0.1) is 0 Å². The second-order valence-electron chi connectivity index (χ2n) is 3.96. The van der Waals surface area contributed by atoms with Crippen LogP contribution in [-0.2, 0) is 13.3 Å². The summed E-state index contributed by atoms with van der Waals surface area (Å²) in [6, 6.07) is 11.9. The quantitative estimate of drug-likeness (QED) is 0.616. The molecule has 1 N–H and O–H groups in total. The zero-order chi connectivity index (χ0) is 16.6. The third kappa shape index (κ3) is 3.50. The van der Waals surface area contributed by atoms with Crippen molar-refractivity contribution in [3.63, 3.8) is 0 Å². The van der Waals surface area contributed by atoms with Crippen molar-refractivity contribution in [2.45, 2.75) is 0 Å².